The monoisotopic (exact) mass is 332 g/mol. The first kappa shape index (κ1) is 16.7. The van der Waals surface area contributed by atoms with Gasteiger partial charge in [-0.3, -0.25) is 4.79 Å². The predicted octanol–water partition coefficient (Wildman–Crippen LogP) is 2.23. The van der Waals surface area contributed by atoms with Gasteiger partial charge in [-0.15, -0.1) is 0 Å². The van der Waals surface area contributed by atoms with Crippen molar-refractivity contribution in [1.29, 1.82) is 0 Å². The van der Waals surface area contributed by atoms with Crippen LogP contribution in [0.5, 0.6) is 5.75 Å². The fourth-order valence-corrected chi connectivity index (χ4v) is 2.52. The molecule has 120 valence electrons. The molecular formula is C16H16N2O4S. The lowest BCUT2D eigenvalue weighted by Gasteiger charge is -2.04. The van der Waals surface area contributed by atoms with Gasteiger partial charge in [-0.25, -0.2) is 4.83 Å². The number of hydrazone groups is 1. The smallest absolute Gasteiger partial charge is 0.308 e. The average Bonchev–Trinajstić information content (AvgIpc) is 2.49. The minimum atomic E-state index is -3.69. The fourth-order valence-electron chi connectivity index (χ4n) is 1.73. The number of aryl methyl sites for hydroxylation is 1. The highest BCUT2D eigenvalue weighted by atomic mass is 32.2. The number of carbonyl (C=O) groups excluding carboxylic acids is 1. The Hall–Kier alpha value is -2.67. The molecule has 0 saturated heterocycles. The molecule has 0 saturated carbocycles. The van der Waals surface area contributed by atoms with Gasteiger partial charge >= 0.3 is 5.97 Å². The lowest BCUT2D eigenvalue weighted by molar-refractivity contribution is -0.131. The van der Waals surface area contributed by atoms with Crippen molar-refractivity contribution >= 4 is 22.2 Å². The van der Waals surface area contributed by atoms with Crippen molar-refractivity contribution in [2.45, 2.75) is 18.7 Å². The van der Waals surface area contributed by atoms with E-state index >= 15 is 0 Å². The van der Waals surface area contributed by atoms with Gasteiger partial charge in [-0.2, -0.15) is 13.5 Å². The largest absolute Gasteiger partial charge is 0.427 e. The zero-order valence-electron chi connectivity index (χ0n) is 12.7. The summed E-state index contributed by atoms with van der Waals surface area (Å²) in [4.78, 5) is 13.1. The molecule has 2 aromatic carbocycles. The summed E-state index contributed by atoms with van der Waals surface area (Å²) in [6.07, 6.45) is 1.36. The molecule has 0 unspecified atom stereocenters. The topological polar surface area (TPSA) is 84.8 Å². The second kappa shape index (κ2) is 7.06. The lowest BCUT2D eigenvalue weighted by Crippen LogP contribution is -2.18. The number of benzene rings is 2. The maximum Gasteiger partial charge on any atom is 0.308 e. The normalized spacial score (nSPS) is 11.4. The number of nitrogens with one attached hydrogen (secondary N) is 1. The Bertz CT molecular complexity index is 810. The molecule has 2 rings (SSSR count). The van der Waals surface area contributed by atoms with Crippen molar-refractivity contribution in [3.8, 4) is 5.75 Å². The van der Waals surface area contributed by atoms with Crippen molar-refractivity contribution in [1.82, 2.24) is 4.83 Å². The van der Waals surface area contributed by atoms with Crippen molar-refractivity contribution in [3.05, 3.63) is 59.7 Å². The number of hydrogen-bond donors (Lipinski definition) is 1. The van der Waals surface area contributed by atoms with Crippen LogP contribution >= 0.6 is 0 Å². The number of ether oxygens (including phenoxy) is 1. The van der Waals surface area contributed by atoms with E-state index < -0.39 is 16.0 Å². The van der Waals surface area contributed by atoms with Crippen LogP contribution in [0, 0.1) is 6.92 Å². The van der Waals surface area contributed by atoms with Crippen molar-refractivity contribution in [3.63, 3.8) is 0 Å². The Kier molecular flexibility index (Phi) is 5.13. The third kappa shape index (κ3) is 4.93. The van der Waals surface area contributed by atoms with E-state index in [0.29, 0.717) is 11.3 Å². The second-order valence-corrected chi connectivity index (χ2v) is 6.49. The third-order valence-electron chi connectivity index (χ3n) is 2.86. The zero-order valence-corrected chi connectivity index (χ0v) is 13.5. The molecule has 2 aromatic rings. The minimum Gasteiger partial charge on any atom is -0.427 e. The lowest BCUT2D eigenvalue weighted by atomic mass is 10.2. The Morgan fingerprint density at radius 1 is 1.09 bits per heavy atom. The predicted molar refractivity (Wildman–Crippen MR) is 86.8 cm³/mol. The van der Waals surface area contributed by atoms with Crippen LogP contribution in [0.15, 0.2) is 58.5 Å². The van der Waals surface area contributed by atoms with Gasteiger partial charge in [0.25, 0.3) is 10.0 Å². The Labute approximate surface area is 134 Å². The van der Waals surface area contributed by atoms with Crippen LogP contribution in [0.1, 0.15) is 18.1 Å². The molecular weight excluding hydrogens is 316 g/mol. The van der Waals surface area contributed by atoms with E-state index in [2.05, 4.69) is 9.93 Å². The number of sulfonamides is 1. The van der Waals surface area contributed by atoms with Gasteiger partial charge in [-0.05, 0) is 48.9 Å². The summed E-state index contributed by atoms with van der Waals surface area (Å²) in [5.74, 6) is 0.00663. The zero-order chi connectivity index (χ0) is 16.9. The van der Waals surface area contributed by atoms with Crippen LogP contribution in [-0.2, 0) is 14.8 Å². The molecule has 0 heterocycles. The quantitative estimate of drug-likeness (QED) is 0.394. The van der Waals surface area contributed by atoms with Gasteiger partial charge in [0, 0.05) is 6.92 Å². The van der Waals surface area contributed by atoms with Crippen molar-refractivity contribution in [2.75, 3.05) is 0 Å². The van der Waals surface area contributed by atoms with Crippen LogP contribution in [0.25, 0.3) is 0 Å². The number of nitrogens with zero attached hydrogens (tertiary/aromatic N) is 1. The first-order chi connectivity index (χ1) is 10.9. The van der Waals surface area contributed by atoms with Crippen molar-refractivity contribution in [2.24, 2.45) is 5.10 Å². The number of esters is 1. The minimum absolute atomic E-state index is 0.144. The molecule has 1 N–H and O–H groups in total. The highest BCUT2D eigenvalue weighted by molar-refractivity contribution is 7.89. The van der Waals surface area contributed by atoms with Gasteiger partial charge in [0.1, 0.15) is 5.75 Å². The molecule has 0 radical (unpaired) electrons. The van der Waals surface area contributed by atoms with E-state index in [-0.39, 0.29) is 4.90 Å². The van der Waals surface area contributed by atoms with Crippen LogP contribution in [0.3, 0.4) is 0 Å². The van der Waals surface area contributed by atoms with E-state index in [1.807, 2.05) is 6.92 Å². The molecule has 0 aliphatic heterocycles. The highest BCUT2D eigenvalue weighted by Gasteiger charge is 2.11. The van der Waals surface area contributed by atoms with Crippen LogP contribution in [0.4, 0.5) is 0 Å². The van der Waals surface area contributed by atoms with Gasteiger partial charge in [0.05, 0.1) is 11.1 Å². The summed E-state index contributed by atoms with van der Waals surface area (Å²) in [7, 11) is -3.69. The average molecular weight is 332 g/mol. The van der Waals surface area contributed by atoms with Gasteiger partial charge in [0.2, 0.25) is 0 Å². The molecule has 7 heteroatoms. The maximum atomic E-state index is 12.0. The van der Waals surface area contributed by atoms with Gasteiger partial charge in [-0.1, -0.05) is 17.7 Å². The molecule has 0 bridgehead atoms. The molecule has 0 atom stereocenters. The van der Waals surface area contributed by atoms with E-state index in [1.165, 1.54) is 25.3 Å². The van der Waals surface area contributed by atoms with E-state index in [9.17, 15) is 13.2 Å². The Morgan fingerprint density at radius 3 is 2.26 bits per heavy atom. The molecule has 0 spiro atoms. The standard InChI is InChI=1S/C16H16N2O4S/c1-12-3-9-16(10-4-12)23(20,21)18-17-11-14-5-7-15(8-6-14)22-13(2)19/h3-11,18H,1-2H3/b17-11-. The van der Waals surface area contributed by atoms with Crippen molar-refractivity contribution < 1.29 is 17.9 Å². The van der Waals surface area contributed by atoms with Crippen LogP contribution < -0.4 is 9.57 Å². The molecule has 0 aliphatic carbocycles. The Morgan fingerprint density at radius 2 is 1.70 bits per heavy atom. The van der Waals surface area contributed by atoms with Crippen LogP contribution in [-0.4, -0.2) is 20.6 Å². The molecule has 0 fully saturated rings. The number of hydrogen-bond acceptors (Lipinski definition) is 5. The highest BCUT2D eigenvalue weighted by Crippen LogP contribution is 2.12. The van der Waals surface area contributed by atoms with Gasteiger partial charge < -0.3 is 4.74 Å². The first-order valence-corrected chi connectivity index (χ1v) is 8.25. The molecule has 23 heavy (non-hydrogen) atoms. The second-order valence-electron chi connectivity index (χ2n) is 4.83. The first-order valence-electron chi connectivity index (χ1n) is 6.77. The van der Waals surface area contributed by atoms with Crippen LogP contribution in [0.2, 0.25) is 0 Å². The Balaban J connectivity index is 2.03. The summed E-state index contributed by atoms with van der Waals surface area (Å²) >= 11 is 0. The summed E-state index contributed by atoms with van der Waals surface area (Å²) in [6.45, 7) is 3.19. The van der Waals surface area contributed by atoms with E-state index in [4.69, 9.17) is 4.74 Å². The molecule has 0 amide bonds. The third-order valence-corrected chi connectivity index (χ3v) is 4.10. The van der Waals surface area contributed by atoms with E-state index in [0.717, 1.165) is 5.56 Å². The molecule has 6 nitrogen and oxygen atoms in total. The number of carbonyl (C=O) groups is 1. The summed E-state index contributed by atoms with van der Waals surface area (Å²) in [5.41, 5.74) is 1.63. The van der Waals surface area contributed by atoms with E-state index in [1.54, 1.807) is 36.4 Å². The summed E-state index contributed by atoms with van der Waals surface area (Å²) in [6, 6.07) is 13.0. The summed E-state index contributed by atoms with van der Waals surface area (Å²) in [5, 5.41) is 3.73. The summed E-state index contributed by atoms with van der Waals surface area (Å²) < 4.78 is 29.0. The molecule has 0 aromatic heterocycles. The van der Waals surface area contributed by atoms with Gasteiger partial charge in [0.15, 0.2) is 0 Å². The molecule has 0 aliphatic rings. The maximum absolute atomic E-state index is 12.0. The number of rotatable bonds is 5. The SMILES string of the molecule is CC(=O)Oc1ccc(/C=N\NS(=O)(=O)c2ccc(C)cc2)cc1. The fraction of sp³-hybridized carbons (Fsp3) is 0.125.